The summed E-state index contributed by atoms with van der Waals surface area (Å²) in [5.74, 6) is -0.742. The SMILES string of the molecule is Fc1ccc(F)c(CNCCCNC2CC2)c1. The molecule has 0 bridgehead atoms. The van der Waals surface area contributed by atoms with Gasteiger partial charge in [0, 0.05) is 18.2 Å². The van der Waals surface area contributed by atoms with E-state index >= 15 is 0 Å². The quantitative estimate of drug-likeness (QED) is 0.714. The van der Waals surface area contributed by atoms with E-state index in [2.05, 4.69) is 10.6 Å². The van der Waals surface area contributed by atoms with Gasteiger partial charge in [0.25, 0.3) is 0 Å². The summed E-state index contributed by atoms with van der Waals surface area (Å²) >= 11 is 0. The fraction of sp³-hybridized carbons (Fsp3) is 0.538. The van der Waals surface area contributed by atoms with E-state index in [1.807, 2.05) is 0 Å². The van der Waals surface area contributed by atoms with E-state index in [1.54, 1.807) is 0 Å². The summed E-state index contributed by atoms with van der Waals surface area (Å²) in [5.41, 5.74) is 0.389. The molecule has 1 aliphatic carbocycles. The van der Waals surface area contributed by atoms with E-state index in [-0.39, 0.29) is 5.82 Å². The van der Waals surface area contributed by atoms with Gasteiger partial charge in [0.2, 0.25) is 0 Å². The molecule has 2 N–H and O–H groups in total. The Bertz CT molecular complexity index is 364. The zero-order chi connectivity index (χ0) is 12.1. The lowest BCUT2D eigenvalue weighted by Crippen LogP contribution is -2.23. The molecular formula is C13H18F2N2. The average Bonchev–Trinajstić information content (AvgIpc) is 3.11. The zero-order valence-corrected chi connectivity index (χ0v) is 9.81. The van der Waals surface area contributed by atoms with Gasteiger partial charge in [-0.15, -0.1) is 0 Å². The van der Waals surface area contributed by atoms with Gasteiger partial charge >= 0.3 is 0 Å². The van der Waals surface area contributed by atoms with E-state index in [1.165, 1.54) is 25.0 Å². The fourth-order valence-electron chi connectivity index (χ4n) is 1.71. The van der Waals surface area contributed by atoms with Crippen molar-refractivity contribution in [1.82, 2.24) is 10.6 Å². The number of hydrogen-bond donors (Lipinski definition) is 2. The molecule has 1 aromatic rings. The molecule has 1 fully saturated rings. The zero-order valence-electron chi connectivity index (χ0n) is 9.81. The van der Waals surface area contributed by atoms with Gasteiger partial charge in [0.1, 0.15) is 11.6 Å². The first-order valence-corrected chi connectivity index (χ1v) is 6.14. The van der Waals surface area contributed by atoms with Crippen LogP contribution in [0.2, 0.25) is 0 Å². The molecule has 2 rings (SSSR count). The molecule has 0 aromatic heterocycles. The molecular weight excluding hydrogens is 222 g/mol. The van der Waals surface area contributed by atoms with Gasteiger partial charge in [-0.05, 0) is 50.6 Å². The van der Waals surface area contributed by atoms with Crippen LogP contribution >= 0.6 is 0 Å². The largest absolute Gasteiger partial charge is 0.314 e. The molecule has 0 radical (unpaired) electrons. The Morgan fingerprint density at radius 2 is 2.00 bits per heavy atom. The minimum Gasteiger partial charge on any atom is -0.314 e. The maximum atomic E-state index is 13.2. The summed E-state index contributed by atoms with van der Waals surface area (Å²) in [7, 11) is 0. The van der Waals surface area contributed by atoms with Crippen LogP contribution in [-0.2, 0) is 6.54 Å². The smallest absolute Gasteiger partial charge is 0.127 e. The molecule has 94 valence electrons. The fourth-order valence-corrected chi connectivity index (χ4v) is 1.71. The summed E-state index contributed by atoms with van der Waals surface area (Å²) in [4.78, 5) is 0. The molecule has 1 saturated carbocycles. The van der Waals surface area contributed by atoms with Gasteiger partial charge in [-0.25, -0.2) is 8.78 Å². The van der Waals surface area contributed by atoms with Gasteiger partial charge in [-0.1, -0.05) is 0 Å². The summed E-state index contributed by atoms with van der Waals surface area (Å²) < 4.78 is 26.1. The lowest BCUT2D eigenvalue weighted by Gasteiger charge is -2.06. The second-order valence-corrected chi connectivity index (χ2v) is 4.49. The molecule has 0 amide bonds. The first-order chi connectivity index (χ1) is 8.25. The molecule has 2 nitrogen and oxygen atoms in total. The van der Waals surface area contributed by atoms with Crippen LogP contribution in [0.1, 0.15) is 24.8 Å². The molecule has 0 heterocycles. The number of benzene rings is 1. The van der Waals surface area contributed by atoms with Gasteiger partial charge in [-0.2, -0.15) is 0 Å². The van der Waals surface area contributed by atoms with Gasteiger partial charge in [0.15, 0.2) is 0 Å². The van der Waals surface area contributed by atoms with Crippen molar-refractivity contribution < 1.29 is 8.78 Å². The number of nitrogens with one attached hydrogen (secondary N) is 2. The van der Waals surface area contributed by atoms with Crippen LogP contribution in [0, 0.1) is 11.6 Å². The predicted octanol–water partition coefficient (Wildman–Crippen LogP) is 2.20. The van der Waals surface area contributed by atoms with Crippen LogP contribution in [0.3, 0.4) is 0 Å². The molecule has 1 aromatic carbocycles. The van der Waals surface area contributed by atoms with Crippen molar-refractivity contribution in [3.63, 3.8) is 0 Å². The predicted molar refractivity (Wildman–Crippen MR) is 63.7 cm³/mol. The van der Waals surface area contributed by atoms with Crippen LogP contribution in [0.15, 0.2) is 18.2 Å². The monoisotopic (exact) mass is 240 g/mol. The van der Waals surface area contributed by atoms with E-state index < -0.39 is 5.82 Å². The maximum absolute atomic E-state index is 13.2. The van der Waals surface area contributed by atoms with Crippen molar-refractivity contribution in [2.24, 2.45) is 0 Å². The summed E-state index contributed by atoms with van der Waals surface area (Å²) in [5, 5.41) is 6.52. The molecule has 0 atom stereocenters. The molecule has 1 aliphatic rings. The lowest BCUT2D eigenvalue weighted by molar-refractivity contribution is 0.555. The highest BCUT2D eigenvalue weighted by molar-refractivity contribution is 5.18. The van der Waals surface area contributed by atoms with E-state index in [9.17, 15) is 8.78 Å². The van der Waals surface area contributed by atoms with E-state index in [0.717, 1.165) is 31.6 Å². The van der Waals surface area contributed by atoms with E-state index in [0.29, 0.717) is 12.1 Å². The van der Waals surface area contributed by atoms with Crippen LogP contribution < -0.4 is 10.6 Å². The third-order valence-corrected chi connectivity index (χ3v) is 2.86. The molecule has 0 spiro atoms. The van der Waals surface area contributed by atoms with Crippen LogP contribution in [0.4, 0.5) is 8.78 Å². The Kier molecular flexibility index (Phi) is 4.45. The van der Waals surface area contributed by atoms with Crippen LogP contribution in [0.25, 0.3) is 0 Å². The summed E-state index contributed by atoms with van der Waals surface area (Å²) in [6.45, 7) is 2.19. The molecule has 17 heavy (non-hydrogen) atoms. The van der Waals surface area contributed by atoms with Crippen molar-refractivity contribution in [1.29, 1.82) is 0 Å². The van der Waals surface area contributed by atoms with Crippen molar-refractivity contribution in [2.75, 3.05) is 13.1 Å². The molecule has 0 aliphatic heterocycles. The standard InChI is InChI=1S/C13H18F2N2/c14-11-2-5-13(15)10(8-11)9-16-6-1-7-17-12-3-4-12/h2,5,8,12,16-17H,1,3-4,6-7,9H2. The van der Waals surface area contributed by atoms with Crippen molar-refractivity contribution in [3.8, 4) is 0 Å². The highest BCUT2D eigenvalue weighted by atomic mass is 19.1. The third kappa shape index (κ3) is 4.40. The molecule has 4 heteroatoms. The topological polar surface area (TPSA) is 24.1 Å². The minimum atomic E-state index is -0.390. The van der Waals surface area contributed by atoms with Gasteiger partial charge < -0.3 is 10.6 Å². The Labute approximate surface area is 100 Å². The Morgan fingerprint density at radius 3 is 2.76 bits per heavy atom. The van der Waals surface area contributed by atoms with Crippen molar-refractivity contribution >= 4 is 0 Å². The first-order valence-electron chi connectivity index (χ1n) is 6.14. The first kappa shape index (κ1) is 12.5. The second-order valence-electron chi connectivity index (χ2n) is 4.49. The van der Waals surface area contributed by atoms with E-state index in [4.69, 9.17) is 0 Å². The third-order valence-electron chi connectivity index (χ3n) is 2.86. The summed E-state index contributed by atoms with van der Waals surface area (Å²) in [6.07, 6.45) is 3.59. The number of rotatable bonds is 7. The summed E-state index contributed by atoms with van der Waals surface area (Å²) in [6, 6.07) is 4.28. The number of hydrogen-bond acceptors (Lipinski definition) is 2. The Balaban J connectivity index is 1.61. The lowest BCUT2D eigenvalue weighted by atomic mass is 10.2. The van der Waals surface area contributed by atoms with Gasteiger partial charge in [-0.3, -0.25) is 0 Å². The van der Waals surface area contributed by atoms with Crippen LogP contribution in [0.5, 0.6) is 0 Å². The van der Waals surface area contributed by atoms with Crippen LogP contribution in [-0.4, -0.2) is 19.1 Å². The van der Waals surface area contributed by atoms with Crippen molar-refractivity contribution in [2.45, 2.75) is 31.8 Å². The molecule has 0 unspecified atom stereocenters. The Hall–Kier alpha value is -1.00. The second kappa shape index (κ2) is 6.07. The highest BCUT2D eigenvalue weighted by Gasteiger charge is 2.19. The highest BCUT2D eigenvalue weighted by Crippen LogP contribution is 2.18. The Morgan fingerprint density at radius 1 is 1.18 bits per heavy atom. The molecule has 0 saturated heterocycles. The van der Waals surface area contributed by atoms with Gasteiger partial charge in [0.05, 0.1) is 0 Å². The number of halogens is 2. The minimum absolute atomic E-state index is 0.352. The van der Waals surface area contributed by atoms with Crippen molar-refractivity contribution in [3.05, 3.63) is 35.4 Å². The normalized spacial score (nSPS) is 15.2. The maximum Gasteiger partial charge on any atom is 0.127 e. The average molecular weight is 240 g/mol.